The van der Waals surface area contributed by atoms with E-state index < -0.39 is 5.60 Å². The Morgan fingerprint density at radius 1 is 1.45 bits per heavy atom. The normalized spacial score (nSPS) is 27.9. The molecule has 1 saturated carbocycles. The predicted octanol–water partition coefficient (Wildman–Crippen LogP) is 1.12. The third-order valence-electron chi connectivity index (χ3n) is 4.04. The highest BCUT2D eigenvalue weighted by Crippen LogP contribution is 2.26. The van der Waals surface area contributed by atoms with Crippen LogP contribution in [0.1, 0.15) is 47.5 Å². The van der Waals surface area contributed by atoms with Crippen LogP contribution in [0, 0.1) is 0 Å². The fourth-order valence-electron chi connectivity index (χ4n) is 2.88. The van der Waals surface area contributed by atoms with Crippen molar-refractivity contribution >= 4 is 11.9 Å². The number of nitrogens with one attached hydrogen (secondary N) is 2. The Kier molecular flexibility index (Phi) is 5.32. The smallest absolute Gasteiger partial charge is 0.320 e. The number of rotatable bonds is 5. The third-order valence-corrected chi connectivity index (χ3v) is 4.04. The van der Waals surface area contributed by atoms with Crippen LogP contribution in [0.3, 0.4) is 0 Å². The van der Waals surface area contributed by atoms with Crippen molar-refractivity contribution in [1.82, 2.24) is 15.5 Å². The minimum Gasteiger partial charge on any atom is -0.459 e. The van der Waals surface area contributed by atoms with E-state index in [0.29, 0.717) is 24.7 Å². The van der Waals surface area contributed by atoms with Crippen molar-refractivity contribution in [2.45, 2.75) is 71.2 Å². The molecule has 0 aromatic carbocycles. The maximum atomic E-state index is 12.0. The van der Waals surface area contributed by atoms with E-state index in [0.717, 1.165) is 31.9 Å². The van der Waals surface area contributed by atoms with Crippen molar-refractivity contribution in [1.29, 1.82) is 0 Å². The van der Waals surface area contributed by atoms with Crippen LogP contribution in [-0.2, 0) is 9.53 Å². The van der Waals surface area contributed by atoms with Gasteiger partial charge in [0.15, 0.2) is 5.96 Å². The second-order valence-corrected chi connectivity index (χ2v) is 7.35. The lowest BCUT2D eigenvalue weighted by molar-refractivity contribution is -0.157. The van der Waals surface area contributed by atoms with Crippen molar-refractivity contribution < 1.29 is 9.53 Å². The van der Waals surface area contributed by atoms with E-state index in [1.165, 1.54) is 0 Å². The molecule has 1 aliphatic heterocycles. The second kappa shape index (κ2) is 6.86. The average Bonchev–Trinajstić information content (AvgIpc) is 2.74. The number of nitrogens with zero attached hydrogens (tertiary/aromatic N) is 2. The number of ether oxygens (including phenoxy) is 1. The molecule has 6 heteroatoms. The first-order valence-corrected chi connectivity index (χ1v) is 8.30. The summed E-state index contributed by atoms with van der Waals surface area (Å²) in [5.41, 5.74) is -0.414. The summed E-state index contributed by atoms with van der Waals surface area (Å²) in [5.74, 6) is 0.785. The molecule has 2 aliphatic rings. The van der Waals surface area contributed by atoms with E-state index >= 15 is 0 Å². The number of carbonyl (C=O) groups is 1. The van der Waals surface area contributed by atoms with Crippen LogP contribution < -0.4 is 10.6 Å². The average molecular weight is 310 g/mol. The molecule has 126 valence electrons. The van der Waals surface area contributed by atoms with Gasteiger partial charge in [-0.15, -0.1) is 0 Å². The molecular weight excluding hydrogens is 280 g/mol. The van der Waals surface area contributed by atoms with Gasteiger partial charge in [-0.25, -0.2) is 0 Å². The number of carbonyl (C=O) groups excluding carboxylic acids is 1. The van der Waals surface area contributed by atoms with Crippen molar-refractivity contribution in [3.63, 3.8) is 0 Å². The predicted molar refractivity (Wildman–Crippen MR) is 87.9 cm³/mol. The Bertz CT molecular complexity index is 424. The number of aliphatic imine (C=N–C) groups is 1. The summed E-state index contributed by atoms with van der Waals surface area (Å²) in [6, 6.07) is 1.33. The summed E-state index contributed by atoms with van der Waals surface area (Å²) >= 11 is 0. The number of guanidine groups is 1. The maximum absolute atomic E-state index is 12.0. The molecule has 0 aromatic rings. The van der Waals surface area contributed by atoms with Crippen molar-refractivity contribution in [2.24, 2.45) is 4.99 Å². The first-order chi connectivity index (χ1) is 10.3. The largest absolute Gasteiger partial charge is 0.459 e. The highest BCUT2D eigenvalue weighted by molar-refractivity contribution is 5.82. The zero-order valence-electron chi connectivity index (χ0n) is 14.5. The highest BCUT2D eigenvalue weighted by atomic mass is 16.6. The molecule has 0 spiro atoms. The van der Waals surface area contributed by atoms with Crippen LogP contribution in [0.2, 0.25) is 0 Å². The van der Waals surface area contributed by atoms with Crippen molar-refractivity contribution in [2.75, 3.05) is 19.6 Å². The van der Waals surface area contributed by atoms with Gasteiger partial charge < -0.3 is 15.4 Å². The van der Waals surface area contributed by atoms with Crippen LogP contribution in [-0.4, -0.2) is 60.2 Å². The summed E-state index contributed by atoms with van der Waals surface area (Å²) in [5, 5.41) is 6.76. The molecule has 22 heavy (non-hydrogen) atoms. The van der Waals surface area contributed by atoms with Gasteiger partial charge in [0.05, 0.1) is 13.1 Å². The van der Waals surface area contributed by atoms with Gasteiger partial charge >= 0.3 is 5.97 Å². The van der Waals surface area contributed by atoms with Crippen LogP contribution in [0.25, 0.3) is 0 Å². The monoisotopic (exact) mass is 310 g/mol. The molecule has 0 amide bonds. The Hall–Kier alpha value is -1.30. The zero-order chi connectivity index (χ0) is 16.3. The molecule has 1 fully saturated rings. The topological polar surface area (TPSA) is 66.0 Å². The minimum absolute atomic E-state index is 0.138. The fraction of sp³-hybridized carbons (Fsp3) is 0.875. The summed E-state index contributed by atoms with van der Waals surface area (Å²) in [7, 11) is 0. The minimum atomic E-state index is -0.414. The maximum Gasteiger partial charge on any atom is 0.320 e. The van der Waals surface area contributed by atoms with Gasteiger partial charge in [0, 0.05) is 18.1 Å². The van der Waals surface area contributed by atoms with E-state index in [9.17, 15) is 4.79 Å². The molecule has 1 heterocycles. The molecule has 2 N–H and O–H groups in total. The van der Waals surface area contributed by atoms with Crippen LogP contribution in [0.4, 0.5) is 0 Å². The van der Waals surface area contributed by atoms with E-state index in [1.807, 2.05) is 20.8 Å². The molecule has 0 aromatic heterocycles. The quantitative estimate of drug-likeness (QED) is 0.745. The molecule has 0 bridgehead atoms. The molecule has 0 radical (unpaired) electrons. The van der Waals surface area contributed by atoms with Gasteiger partial charge in [0.25, 0.3) is 0 Å². The summed E-state index contributed by atoms with van der Waals surface area (Å²) in [6.07, 6.45) is 2.09. The van der Waals surface area contributed by atoms with Crippen molar-refractivity contribution in [3.05, 3.63) is 0 Å². The Balaban J connectivity index is 1.72. The number of likely N-dealkylation sites (N-methyl/N-ethyl adjacent to an activating group) is 1. The lowest BCUT2D eigenvalue weighted by Crippen LogP contribution is -2.56. The zero-order valence-corrected chi connectivity index (χ0v) is 14.5. The summed E-state index contributed by atoms with van der Waals surface area (Å²) < 4.78 is 5.41. The number of hydrogen-bond acceptors (Lipinski definition) is 6. The van der Waals surface area contributed by atoms with Gasteiger partial charge in [-0.1, -0.05) is 6.92 Å². The SMILES string of the molecule is CCN(CC(=O)OC(C)(C)C)C1CC(NC2=NCC(C)N2)C1. The van der Waals surface area contributed by atoms with E-state index in [-0.39, 0.29) is 5.97 Å². The molecule has 6 nitrogen and oxygen atoms in total. The van der Waals surface area contributed by atoms with Gasteiger partial charge in [-0.3, -0.25) is 14.7 Å². The third kappa shape index (κ3) is 4.87. The highest BCUT2D eigenvalue weighted by Gasteiger charge is 2.35. The van der Waals surface area contributed by atoms with Gasteiger partial charge in [0.1, 0.15) is 5.60 Å². The molecule has 2 rings (SSSR count). The number of esters is 1. The van der Waals surface area contributed by atoms with E-state index in [1.54, 1.807) is 0 Å². The summed E-state index contributed by atoms with van der Waals surface area (Å²) in [6.45, 7) is 12.0. The van der Waals surface area contributed by atoms with E-state index in [2.05, 4.69) is 34.4 Å². The first kappa shape index (κ1) is 17.1. The lowest BCUT2D eigenvalue weighted by Gasteiger charge is -2.42. The van der Waals surface area contributed by atoms with E-state index in [4.69, 9.17) is 4.74 Å². The molecular formula is C16H30N4O2. The molecule has 1 unspecified atom stereocenters. The first-order valence-electron chi connectivity index (χ1n) is 8.30. The Labute approximate surface area is 133 Å². The fourth-order valence-corrected chi connectivity index (χ4v) is 2.88. The lowest BCUT2D eigenvalue weighted by atomic mass is 9.85. The van der Waals surface area contributed by atoms with Gasteiger partial charge in [-0.2, -0.15) is 0 Å². The van der Waals surface area contributed by atoms with Crippen LogP contribution >= 0.6 is 0 Å². The second-order valence-electron chi connectivity index (χ2n) is 7.35. The number of hydrogen-bond donors (Lipinski definition) is 2. The summed E-state index contributed by atoms with van der Waals surface area (Å²) in [4.78, 5) is 18.6. The van der Waals surface area contributed by atoms with Gasteiger partial charge in [0.2, 0.25) is 0 Å². The standard InChI is InChI=1S/C16H30N4O2/c1-6-20(10-14(21)22-16(3,4)5)13-7-12(8-13)19-15-17-9-11(2)18-15/h11-13H,6-10H2,1-5H3,(H2,17,18,19). The Morgan fingerprint density at radius 3 is 2.64 bits per heavy atom. The molecule has 1 aliphatic carbocycles. The van der Waals surface area contributed by atoms with Gasteiger partial charge in [-0.05, 0) is 47.1 Å². The molecule has 1 atom stereocenters. The van der Waals surface area contributed by atoms with Crippen LogP contribution in [0.15, 0.2) is 4.99 Å². The molecule has 0 saturated heterocycles. The van der Waals surface area contributed by atoms with Crippen LogP contribution in [0.5, 0.6) is 0 Å². The van der Waals surface area contributed by atoms with Crippen molar-refractivity contribution in [3.8, 4) is 0 Å². The Morgan fingerprint density at radius 2 is 2.14 bits per heavy atom.